The fourth-order valence-corrected chi connectivity index (χ4v) is 5.40. The fraction of sp³-hybridized carbons (Fsp3) is 0.875. The second kappa shape index (κ2) is 14.8. The van der Waals surface area contributed by atoms with Crippen LogP contribution >= 0.6 is 11.8 Å². The van der Waals surface area contributed by atoms with Crippen molar-refractivity contribution in [1.82, 2.24) is 15.1 Å². The number of rotatable bonds is 16. The van der Waals surface area contributed by atoms with Gasteiger partial charge in [-0.15, -0.1) is 0 Å². The lowest BCUT2D eigenvalue weighted by Crippen LogP contribution is -2.63. The van der Waals surface area contributed by atoms with E-state index in [0.717, 1.165) is 23.9 Å². The van der Waals surface area contributed by atoms with Crippen molar-refractivity contribution >= 4 is 28.9 Å². The Bertz CT molecular complexity index is 584. The molecule has 0 bridgehead atoms. The molecule has 3 amide bonds. The van der Waals surface area contributed by atoms with Gasteiger partial charge < -0.3 is 9.80 Å². The summed E-state index contributed by atoms with van der Waals surface area (Å²) in [6, 6.07) is -0.719. The summed E-state index contributed by atoms with van der Waals surface area (Å²) < 4.78 is 0. The summed E-state index contributed by atoms with van der Waals surface area (Å²) in [5.74, 6) is 0.824. The molecule has 6 nitrogen and oxygen atoms in total. The van der Waals surface area contributed by atoms with Gasteiger partial charge in [0.2, 0.25) is 0 Å². The predicted octanol–water partition coefficient (Wildman–Crippen LogP) is 5.77. The minimum Gasteiger partial charge on any atom is -0.336 e. The fourth-order valence-electron chi connectivity index (χ4n) is 4.32. The van der Waals surface area contributed by atoms with Crippen LogP contribution in [0, 0.1) is 0 Å². The minimum atomic E-state index is -0.387. The molecule has 0 radical (unpaired) electrons. The molecule has 2 unspecified atom stereocenters. The van der Waals surface area contributed by atoms with Crippen LogP contribution in [0.4, 0.5) is 4.79 Å². The molecule has 1 fully saturated rings. The lowest BCUT2D eigenvalue weighted by molar-refractivity contribution is -0.127. The molecule has 2 rings (SSSR count). The van der Waals surface area contributed by atoms with E-state index in [1.807, 2.05) is 0 Å². The van der Waals surface area contributed by atoms with E-state index in [1.165, 1.54) is 83.5 Å². The molecule has 0 aromatic rings. The summed E-state index contributed by atoms with van der Waals surface area (Å²) in [5.41, 5.74) is 0. The predicted molar refractivity (Wildman–Crippen MR) is 131 cm³/mol. The first-order chi connectivity index (χ1) is 15.1. The van der Waals surface area contributed by atoms with E-state index in [9.17, 15) is 9.59 Å². The van der Waals surface area contributed by atoms with E-state index in [-0.39, 0.29) is 24.1 Å². The molecule has 0 aromatic heterocycles. The number of imide groups is 1. The Morgan fingerprint density at radius 2 is 1.39 bits per heavy atom. The molecule has 0 aliphatic carbocycles. The highest BCUT2D eigenvalue weighted by Gasteiger charge is 2.48. The number of nitrogens with zero attached hydrogens (tertiary/aromatic N) is 3. The largest absolute Gasteiger partial charge is 0.336 e. The van der Waals surface area contributed by atoms with Crippen LogP contribution in [0.2, 0.25) is 0 Å². The number of carbonyl (C=O) groups excluding carboxylic acids is 2. The summed E-state index contributed by atoms with van der Waals surface area (Å²) in [6.45, 7) is 5.33. The summed E-state index contributed by atoms with van der Waals surface area (Å²) in [7, 11) is 1.73. The quantitative estimate of drug-likeness (QED) is 0.302. The first-order valence-corrected chi connectivity index (χ1v) is 13.6. The molecule has 31 heavy (non-hydrogen) atoms. The Hall–Kier alpha value is -1.24. The zero-order valence-electron chi connectivity index (χ0n) is 20.0. The van der Waals surface area contributed by atoms with E-state index >= 15 is 0 Å². The van der Waals surface area contributed by atoms with Crippen molar-refractivity contribution in [3.63, 3.8) is 0 Å². The van der Waals surface area contributed by atoms with Gasteiger partial charge in [0.1, 0.15) is 0 Å². The van der Waals surface area contributed by atoms with Gasteiger partial charge in [-0.25, -0.2) is 9.79 Å². The molecule has 2 atom stereocenters. The van der Waals surface area contributed by atoms with Gasteiger partial charge in [-0.2, -0.15) is 0 Å². The minimum absolute atomic E-state index is 0.203. The molecule has 0 aromatic carbocycles. The first-order valence-electron chi connectivity index (χ1n) is 12.6. The number of hydrogen-bond acceptors (Lipinski definition) is 5. The number of likely N-dealkylation sites (N-methyl/N-ethyl adjacent to an activating group) is 1. The molecule has 0 saturated carbocycles. The van der Waals surface area contributed by atoms with Gasteiger partial charge in [-0.05, 0) is 12.8 Å². The number of carbonyl (C=O) groups is 2. The third-order valence-electron chi connectivity index (χ3n) is 6.30. The highest BCUT2D eigenvalue weighted by atomic mass is 32.2. The van der Waals surface area contributed by atoms with Crippen LogP contribution in [0.15, 0.2) is 4.99 Å². The number of nitrogens with one attached hydrogen (secondary N) is 1. The number of thioether (sulfide) groups is 1. The highest BCUT2D eigenvalue weighted by Crippen LogP contribution is 2.29. The van der Waals surface area contributed by atoms with Crippen molar-refractivity contribution in [2.24, 2.45) is 4.99 Å². The van der Waals surface area contributed by atoms with E-state index < -0.39 is 0 Å². The summed E-state index contributed by atoms with van der Waals surface area (Å²) in [6.07, 6.45) is 17.4. The van der Waals surface area contributed by atoms with Crippen molar-refractivity contribution in [1.29, 1.82) is 0 Å². The summed E-state index contributed by atoms with van der Waals surface area (Å²) in [4.78, 5) is 33.2. The average molecular weight is 453 g/mol. The van der Waals surface area contributed by atoms with Gasteiger partial charge in [0.25, 0.3) is 5.91 Å². The molecular formula is C24H44N4O2S. The van der Waals surface area contributed by atoms with Gasteiger partial charge in [0.05, 0.1) is 0 Å². The van der Waals surface area contributed by atoms with Crippen molar-refractivity contribution in [2.75, 3.05) is 19.3 Å². The number of fused-ring (bicyclic) bond motifs is 1. The smallest absolute Gasteiger partial charge is 0.325 e. The molecule has 0 spiro atoms. The number of urea groups is 1. The lowest BCUT2D eigenvalue weighted by atomic mass is 10.1. The van der Waals surface area contributed by atoms with Crippen LogP contribution in [0.1, 0.15) is 104 Å². The van der Waals surface area contributed by atoms with E-state index in [2.05, 4.69) is 24.1 Å². The Morgan fingerprint density at radius 1 is 0.839 bits per heavy atom. The zero-order chi connectivity index (χ0) is 22.5. The molecule has 1 saturated heterocycles. The number of hydrogen-bond donors (Lipinski definition) is 1. The van der Waals surface area contributed by atoms with E-state index in [4.69, 9.17) is 4.99 Å². The van der Waals surface area contributed by atoms with Gasteiger partial charge in [0.15, 0.2) is 17.4 Å². The van der Waals surface area contributed by atoms with Crippen molar-refractivity contribution in [2.45, 2.75) is 116 Å². The third-order valence-corrected chi connectivity index (χ3v) is 7.40. The maximum atomic E-state index is 12.6. The van der Waals surface area contributed by atoms with E-state index in [0.29, 0.717) is 0 Å². The van der Waals surface area contributed by atoms with Crippen LogP contribution < -0.4 is 5.32 Å². The van der Waals surface area contributed by atoms with Crippen LogP contribution in [0.3, 0.4) is 0 Å². The van der Waals surface area contributed by atoms with Crippen LogP contribution in [-0.2, 0) is 4.79 Å². The molecule has 1 N–H and O–H groups in total. The molecule has 2 heterocycles. The number of unbranched alkanes of at least 4 members (excludes halogenated alkanes) is 12. The zero-order valence-corrected chi connectivity index (χ0v) is 20.9. The van der Waals surface area contributed by atoms with Gasteiger partial charge >= 0.3 is 6.03 Å². The number of amides is 3. The second-order valence-corrected chi connectivity index (χ2v) is 10.0. The molecule has 7 heteroatoms. The number of amidine groups is 1. The van der Waals surface area contributed by atoms with Crippen LogP contribution in [0.5, 0.6) is 0 Å². The molecule has 2 aliphatic heterocycles. The second-order valence-electron chi connectivity index (χ2n) is 8.96. The third kappa shape index (κ3) is 8.32. The highest BCUT2D eigenvalue weighted by molar-refractivity contribution is 8.13. The SMILES string of the molecule is CCCCCCCCCCSC1=NC2C(C(=O)NC(=O)N2C)N1CCCCCCCC. The lowest BCUT2D eigenvalue weighted by Gasteiger charge is -2.36. The number of aliphatic imine (C=N–C) groups is 1. The standard InChI is InChI=1S/C24H44N4O2S/c1-4-6-8-10-12-13-15-17-19-31-24-25-21-20(22(29)26-23(30)27(21)3)28(24)18-16-14-11-9-7-5-2/h20-21H,4-19H2,1-3H3,(H,26,29,30). The molecule has 2 aliphatic rings. The summed E-state index contributed by atoms with van der Waals surface area (Å²) in [5, 5.41) is 3.45. The topological polar surface area (TPSA) is 65.0 Å². The Morgan fingerprint density at radius 3 is 2.00 bits per heavy atom. The maximum Gasteiger partial charge on any atom is 0.325 e. The van der Waals surface area contributed by atoms with Crippen molar-refractivity contribution in [3.8, 4) is 0 Å². The molecule has 178 valence electrons. The average Bonchev–Trinajstić information content (AvgIpc) is 3.12. The Labute approximate surface area is 194 Å². The maximum absolute atomic E-state index is 12.6. The first kappa shape index (κ1) is 26.0. The monoisotopic (exact) mass is 452 g/mol. The van der Waals surface area contributed by atoms with Gasteiger partial charge in [0, 0.05) is 19.3 Å². The van der Waals surface area contributed by atoms with Gasteiger partial charge in [-0.1, -0.05) is 103 Å². The van der Waals surface area contributed by atoms with Crippen LogP contribution in [0.25, 0.3) is 0 Å². The van der Waals surface area contributed by atoms with Gasteiger partial charge in [-0.3, -0.25) is 10.1 Å². The Balaban J connectivity index is 1.81. The van der Waals surface area contributed by atoms with Crippen molar-refractivity contribution < 1.29 is 9.59 Å². The Kier molecular flexibility index (Phi) is 12.4. The van der Waals surface area contributed by atoms with E-state index in [1.54, 1.807) is 23.7 Å². The summed E-state index contributed by atoms with van der Waals surface area (Å²) >= 11 is 1.77. The normalized spacial score (nSPS) is 20.8. The van der Waals surface area contributed by atoms with Crippen LogP contribution in [-0.4, -0.2) is 58.5 Å². The molecular weight excluding hydrogens is 408 g/mol. The van der Waals surface area contributed by atoms with Crippen molar-refractivity contribution in [3.05, 3.63) is 0 Å².